The van der Waals surface area contributed by atoms with E-state index in [0.29, 0.717) is 0 Å². The van der Waals surface area contributed by atoms with Crippen molar-refractivity contribution in [1.29, 1.82) is 0 Å². The lowest BCUT2D eigenvalue weighted by Gasteiger charge is -2.20. The van der Waals surface area contributed by atoms with E-state index in [1.165, 1.54) is 0 Å². The Morgan fingerprint density at radius 1 is 1.38 bits per heavy atom. The summed E-state index contributed by atoms with van der Waals surface area (Å²) in [7, 11) is 3.23. The summed E-state index contributed by atoms with van der Waals surface area (Å²) in [6, 6.07) is 10.1. The molecule has 0 N–H and O–H groups in total. The predicted octanol–water partition coefficient (Wildman–Crippen LogP) is 1.23. The van der Waals surface area contributed by atoms with Crippen LogP contribution < -0.4 is 0 Å². The van der Waals surface area contributed by atoms with Gasteiger partial charge in [0.1, 0.15) is 6.61 Å². The second kappa shape index (κ2) is 7.07. The molecule has 0 aliphatic rings. The zero-order valence-electron chi connectivity index (χ0n) is 7.41. The molecular formula is C8H10O2Si3. The number of rotatable bonds is 4. The van der Waals surface area contributed by atoms with Gasteiger partial charge < -0.3 is 19.1 Å². The molecule has 0 aliphatic heterocycles. The van der Waals surface area contributed by atoms with Gasteiger partial charge in [0.15, 0.2) is 0 Å². The monoisotopic (exact) mass is 222 g/mol. The smallest absolute Gasteiger partial charge is 0.827 e. The van der Waals surface area contributed by atoms with E-state index in [4.69, 9.17) is 4.12 Å². The van der Waals surface area contributed by atoms with Gasteiger partial charge in [-0.3, -0.25) is 0 Å². The maximum absolute atomic E-state index is 4.87. The molecule has 2 nitrogen and oxygen atoms in total. The SMILES string of the molecule is CC[O+]([Si]O[Si])c1ccccc1.[Si-]. The maximum atomic E-state index is 4.87. The third kappa shape index (κ3) is 3.90. The highest BCUT2D eigenvalue weighted by atomic mass is 28.3. The molecule has 0 saturated heterocycles. The van der Waals surface area contributed by atoms with Gasteiger partial charge in [-0.2, -0.15) is 0 Å². The molecule has 0 aromatic heterocycles. The standard InChI is InChI=1S/C8H10O2Si2.Si/c1-2-10(12-9-11)8-6-4-3-5-7-8;/h3-7H,2H2,1H3;/q+1;-1. The minimum absolute atomic E-state index is 0. The molecule has 1 aromatic rings. The van der Waals surface area contributed by atoms with E-state index in [-0.39, 0.29) is 21.0 Å². The largest absolute Gasteiger partial charge is 1.00 e. The fourth-order valence-electron chi connectivity index (χ4n) is 0.909. The molecule has 0 spiro atoms. The summed E-state index contributed by atoms with van der Waals surface area (Å²) in [6.45, 7) is 2.93. The maximum Gasteiger partial charge on any atom is 0.827 e. The minimum atomic E-state index is 0. The first-order chi connectivity index (χ1) is 5.88. The fraction of sp³-hybridized carbons (Fsp3) is 0.250. The van der Waals surface area contributed by atoms with Gasteiger partial charge in [0, 0.05) is 19.1 Å². The Hall–Kier alpha value is -0.369. The number of benzene rings is 1. The van der Waals surface area contributed by atoms with Crippen LogP contribution >= 0.6 is 0 Å². The second-order valence-corrected chi connectivity index (χ2v) is 3.65. The van der Waals surface area contributed by atoms with Gasteiger partial charge in [-0.1, -0.05) is 18.2 Å². The highest BCUT2D eigenvalue weighted by molar-refractivity contribution is 6.29. The van der Waals surface area contributed by atoms with Crippen molar-refractivity contribution in [2.75, 3.05) is 6.61 Å². The summed E-state index contributed by atoms with van der Waals surface area (Å²) in [4.78, 5) is 0. The van der Waals surface area contributed by atoms with Crippen LogP contribution in [0.25, 0.3) is 0 Å². The number of hydrogen-bond acceptors (Lipinski definition) is 1. The average molecular weight is 222 g/mol. The normalized spacial score (nSPS) is 9.08. The first-order valence-electron chi connectivity index (χ1n) is 3.72. The zero-order valence-corrected chi connectivity index (χ0v) is 10.4. The number of hydrogen-bond donors (Lipinski definition) is 0. The third-order valence-electron chi connectivity index (χ3n) is 1.46. The molecule has 0 aliphatic carbocycles. The summed E-state index contributed by atoms with van der Waals surface area (Å²) in [6.07, 6.45) is 0. The summed E-state index contributed by atoms with van der Waals surface area (Å²) in [5.74, 6) is 1.11. The van der Waals surface area contributed by atoms with E-state index in [1.54, 1.807) is 0 Å². The van der Waals surface area contributed by atoms with Gasteiger partial charge in [-0.25, -0.2) is 0 Å². The Morgan fingerprint density at radius 2 is 2.00 bits per heavy atom. The fourth-order valence-corrected chi connectivity index (χ4v) is 1.66. The summed E-state index contributed by atoms with van der Waals surface area (Å²) in [5.41, 5.74) is 0. The molecule has 0 unspecified atom stereocenters. The van der Waals surface area contributed by atoms with Gasteiger partial charge in [0.2, 0.25) is 16.2 Å². The van der Waals surface area contributed by atoms with E-state index < -0.39 is 0 Å². The molecule has 1 rings (SSSR count). The molecule has 13 heavy (non-hydrogen) atoms. The van der Waals surface area contributed by atoms with Crippen molar-refractivity contribution in [2.45, 2.75) is 6.92 Å². The Labute approximate surface area is 89.6 Å². The topological polar surface area (TPSA) is 11.9 Å². The lowest BCUT2D eigenvalue weighted by atomic mass is 10.3. The lowest BCUT2D eigenvalue weighted by molar-refractivity contribution is 0.107. The van der Waals surface area contributed by atoms with Crippen LogP contribution in [0.2, 0.25) is 0 Å². The van der Waals surface area contributed by atoms with Crippen molar-refractivity contribution in [3.63, 3.8) is 0 Å². The summed E-state index contributed by atoms with van der Waals surface area (Å²) in [5, 5.41) is 0. The Morgan fingerprint density at radius 3 is 2.46 bits per heavy atom. The Bertz CT molecular complexity index is 218. The van der Waals surface area contributed by atoms with E-state index in [1.807, 2.05) is 30.3 Å². The van der Waals surface area contributed by atoms with Crippen molar-refractivity contribution in [3.8, 4) is 5.75 Å². The van der Waals surface area contributed by atoms with Crippen LogP contribution in [0.1, 0.15) is 6.92 Å². The van der Waals surface area contributed by atoms with Crippen molar-refractivity contribution in [1.82, 2.24) is 0 Å². The van der Waals surface area contributed by atoms with E-state index in [0.717, 1.165) is 12.4 Å². The van der Waals surface area contributed by atoms with Crippen LogP contribution in [0.4, 0.5) is 0 Å². The van der Waals surface area contributed by atoms with Crippen LogP contribution in [0, 0.1) is 0 Å². The molecule has 0 saturated carbocycles. The summed E-state index contributed by atoms with van der Waals surface area (Å²) < 4.78 is 7.82. The Balaban J connectivity index is 0.00000144. The number of para-hydroxylation sites is 1. The predicted molar refractivity (Wildman–Crippen MR) is 55.9 cm³/mol. The Kier molecular flexibility index (Phi) is 6.87. The first-order valence-corrected chi connectivity index (χ1v) is 4.95. The highest BCUT2D eigenvalue weighted by Crippen LogP contribution is 2.20. The highest BCUT2D eigenvalue weighted by Gasteiger charge is 2.14. The molecule has 0 amide bonds. The van der Waals surface area contributed by atoms with Gasteiger partial charge in [-0.15, -0.1) is 0 Å². The van der Waals surface area contributed by atoms with Crippen LogP contribution in [-0.2, 0) is 8.17 Å². The van der Waals surface area contributed by atoms with Crippen molar-refractivity contribution in [2.24, 2.45) is 0 Å². The third-order valence-corrected chi connectivity index (χ3v) is 2.52. The minimum Gasteiger partial charge on any atom is -1.00 e. The molecule has 5 heteroatoms. The molecule has 0 heterocycles. The van der Waals surface area contributed by atoms with Crippen molar-refractivity contribution >= 4 is 31.5 Å². The zero-order chi connectivity index (χ0) is 8.81. The molecule has 8 radical (unpaired) electrons. The molecule has 0 fully saturated rings. The molecule has 0 atom stereocenters. The molecular weight excluding hydrogens is 212 g/mol. The van der Waals surface area contributed by atoms with Gasteiger partial charge in [0.05, 0.1) is 0 Å². The molecule has 1 aromatic carbocycles. The molecule has 0 bridgehead atoms. The average Bonchev–Trinajstić information content (AvgIpc) is 2.15. The van der Waals surface area contributed by atoms with Crippen LogP contribution in [0.15, 0.2) is 30.3 Å². The lowest BCUT2D eigenvalue weighted by Crippen LogP contribution is -2.14. The van der Waals surface area contributed by atoms with Gasteiger partial charge in [0.25, 0.3) is 0 Å². The van der Waals surface area contributed by atoms with E-state index >= 15 is 0 Å². The van der Waals surface area contributed by atoms with Gasteiger partial charge in [-0.05, 0) is 0 Å². The van der Waals surface area contributed by atoms with Gasteiger partial charge >= 0.3 is 10.0 Å². The van der Waals surface area contributed by atoms with Crippen LogP contribution in [0.3, 0.4) is 0 Å². The van der Waals surface area contributed by atoms with E-state index in [2.05, 4.69) is 21.5 Å². The van der Waals surface area contributed by atoms with E-state index in [9.17, 15) is 0 Å². The first kappa shape index (κ1) is 12.6. The summed E-state index contributed by atoms with van der Waals surface area (Å²) >= 11 is 0. The van der Waals surface area contributed by atoms with Crippen LogP contribution in [0.5, 0.6) is 5.75 Å². The quantitative estimate of drug-likeness (QED) is 0.551. The van der Waals surface area contributed by atoms with Crippen LogP contribution in [-0.4, -0.2) is 38.1 Å². The van der Waals surface area contributed by atoms with Crippen molar-refractivity contribution < 1.29 is 8.17 Å². The molecule has 66 valence electrons. The van der Waals surface area contributed by atoms with Crippen molar-refractivity contribution in [3.05, 3.63) is 30.3 Å². The second-order valence-electron chi connectivity index (χ2n) is 2.18.